The lowest BCUT2D eigenvalue weighted by Gasteiger charge is -2.18. The minimum Gasteiger partial charge on any atom is -0.303 e. The van der Waals surface area contributed by atoms with E-state index in [4.69, 9.17) is 0 Å². The molecule has 0 aliphatic rings. The Labute approximate surface area is 174 Å². The van der Waals surface area contributed by atoms with E-state index in [-0.39, 0.29) is 11.6 Å². The first-order chi connectivity index (χ1) is 14.0. The maximum absolute atomic E-state index is 12.2. The second-order valence-corrected chi connectivity index (χ2v) is 7.25. The fourth-order valence-electron chi connectivity index (χ4n) is 3.04. The lowest BCUT2D eigenvalue weighted by Crippen LogP contribution is -2.28. The standard InChI is InChI=1S/C26H31NO2/c1-4-27(19-17-25(28)15-13-23-11-7-5-9-21(23)2)20-18-26(29)16-14-24-12-8-6-10-22(24)3/h5-16H,4,17-20H2,1-3H3. The summed E-state index contributed by atoms with van der Waals surface area (Å²) in [5, 5.41) is 0. The molecule has 0 spiro atoms. The van der Waals surface area contributed by atoms with Gasteiger partial charge in [-0.05, 0) is 54.8 Å². The van der Waals surface area contributed by atoms with Crippen LogP contribution in [0.1, 0.15) is 42.0 Å². The van der Waals surface area contributed by atoms with Crippen molar-refractivity contribution in [3.05, 3.63) is 82.9 Å². The molecule has 2 aromatic carbocycles. The molecule has 3 nitrogen and oxygen atoms in total. The normalized spacial score (nSPS) is 11.6. The van der Waals surface area contributed by atoms with Crippen LogP contribution in [0.5, 0.6) is 0 Å². The Morgan fingerprint density at radius 3 is 1.55 bits per heavy atom. The van der Waals surface area contributed by atoms with E-state index in [9.17, 15) is 9.59 Å². The van der Waals surface area contributed by atoms with Crippen LogP contribution in [0.4, 0.5) is 0 Å². The van der Waals surface area contributed by atoms with Gasteiger partial charge in [0.25, 0.3) is 0 Å². The van der Waals surface area contributed by atoms with Crippen molar-refractivity contribution in [2.24, 2.45) is 0 Å². The molecule has 2 aromatic rings. The van der Waals surface area contributed by atoms with Gasteiger partial charge in [-0.15, -0.1) is 0 Å². The van der Waals surface area contributed by atoms with Crippen molar-refractivity contribution < 1.29 is 9.59 Å². The summed E-state index contributed by atoms with van der Waals surface area (Å²) in [4.78, 5) is 26.5. The second kappa shape index (κ2) is 11.9. The maximum atomic E-state index is 12.2. The summed E-state index contributed by atoms with van der Waals surface area (Å²) >= 11 is 0. The predicted molar refractivity (Wildman–Crippen MR) is 122 cm³/mol. The summed E-state index contributed by atoms with van der Waals surface area (Å²) in [6.45, 7) is 8.29. The third-order valence-electron chi connectivity index (χ3n) is 5.07. The van der Waals surface area contributed by atoms with E-state index in [1.54, 1.807) is 12.2 Å². The van der Waals surface area contributed by atoms with E-state index in [0.717, 1.165) is 28.8 Å². The second-order valence-electron chi connectivity index (χ2n) is 7.25. The van der Waals surface area contributed by atoms with Crippen LogP contribution in [0.2, 0.25) is 0 Å². The number of rotatable bonds is 11. The van der Waals surface area contributed by atoms with Gasteiger partial charge in [-0.2, -0.15) is 0 Å². The largest absolute Gasteiger partial charge is 0.303 e. The quantitative estimate of drug-likeness (QED) is 0.491. The SMILES string of the molecule is CCN(CCC(=O)C=Cc1ccccc1C)CCC(=O)C=Cc1ccccc1C. The molecule has 0 unspecified atom stereocenters. The van der Waals surface area contributed by atoms with Crippen LogP contribution < -0.4 is 0 Å². The Kier molecular flexibility index (Phi) is 9.26. The van der Waals surface area contributed by atoms with Crippen molar-refractivity contribution in [2.45, 2.75) is 33.6 Å². The molecule has 0 radical (unpaired) electrons. The average molecular weight is 390 g/mol. The topological polar surface area (TPSA) is 37.4 Å². The number of carbonyl (C=O) groups excluding carboxylic acids is 2. The van der Waals surface area contributed by atoms with Crippen molar-refractivity contribution in [1.29, 1.82) is 0 Å². The number of aryl methyl sites for hydroxylation is 2. The van der Waals surface area contributed by atoms with Crippen molar-refractivity contribution in [3.8, 4) is 0 Å². The van der Waals surface area contributed by atoms with E-state index in [1.807, 2.05) is 74.5 Å². The van der Waals surface area contributed by atoms with Gasteiger partial charge in [0, 0.05) is 25.9 Å². The van der Waals surface area contributed by atoms with Crippen molar-refractivity contribution in [1.82, 2.24) is 4.90 Å². The van der Waals surface area contributed by atoms with Crippen LogP contribution in [-0.2, 0) is 9.59 Å². The highest BCUT2D eigenvalue weighted by Gasteiger charge is 2.07. The minimum atomic E-state index is 0.109. The molecule has 29 heavy (non-hydrogen) atoms. The number of benzene rings is 2. The van der Waals surface area contributed by atoms with Gasteiger partial charge in [-0.1, -0.05) is 67.6 Å². The molecular weight excluding hydrogens is 358 g/mol. The molecule has 152 valence electrons. The van der Waals surface area contributed by atoms with E-state index < -0.39 is 0 Å². The summed E-state index contributed by atoms with van der Waals surface area (Å²) in [5.41, 5.74) is 4.45. The Morgan fingerprint density at radius 2 is 1.17 bits per heavy atom. The van der Waals surface area contributed by atoms with Gasteiger partial charge in [0.15, 0.2) is 11.6 Å². The molecule has 0 saturated carbocycles. The van der Waals surface area contributed by atoms with E-state index in [2.05, 4.69) is 11.8 Å². The summed E-state index contributed by atoms with van der Waals surface area (Å²) in [6.07, 6.45) is 8.01. The molecule has 0 bridgehead atoms. The van der Waals surface area contributed by atoms with E-state index in [0.29, 0.717) is 25.9 Å². The number of nitrogens with zero attached hydrogens (tertiary/aromatic N) is 1. The zero-order valence-corrected chi connectivity index (χ0v) is 17.7. The van der Waals surface area contributed by atoms with E-state index in [1.165, 1.54) is 0 Å². The highest BCUT2D eigenvalue weighted by Crippen LogP contribution is 2.10. The molecule has 0 aromatic heterocycles. The molecule has 0 fully saturated rings. The van der Waals surface area contributed by atoms with Gasteiger partial charge >= 0.3 is 0 Å². The molecule has 0 aliphatic heterocycles. The smallest absolute Gasteiger partial charge is 0.156 e. The van der Waals surface area contributed by atoms with Crippen LogP contribution in [0, 0.1) is 13.8 Å². The van der Waals surface area contributed by atoms with Crippen LogP contribution in [0.15, 0.2) is 60.7 Å². The van der Waals surface area contributed by atoms with Crippen LogP contribution in [0.25, 0.3) is 12.2 Å². The summed E-state index contributed by atoms with van der Waals surface area (Å²) in [7, 11) is 0. The average Bonchev–Trinajstić information content (AvgIpc) is 2.72. The number of carbonyl (C=O) groups is 2. The first-order valence-corrected chi connectivity index (χ1v) is 10.2. The monoisotopic (exact) mass is 389 g/mol. The van der Waals surface area contributed by atoms with Gasteiger partial charge < -0.3 is 4.90 Å². The number of hydrogen-bond acceptors (Lipinski definition) is 3. The zero-order valence-electron chi connectivity index (χ0n) is 17.7. The number of allylic oxidation sites excluding steroid dienone is 2. The lowest BCUT2D eigenvalue weighted by atomic mass is 10.1. The molecule has 0 N–H and O–H groups in total. The summed E-state index contributed by atoms with van der Waals surface area (Å²) < 4.78 is 0. The lowest BCUT2D eigenvalue weighted by molar-refractivity contribution is -0.114. The molecule has 0 aliphatic carbocycles. The Bertz CT molecular complexity index is 808. The fraction of sp³-hybridized carbons (Fsp3) is 0.308. The van der Waals surface area contributed by atoms with Crippen molar-refractivity contribution in [3.63, 3.8) is 0 Å². The van der Waals surface area contributed by atoms with Crippen LogP contribution in [-0.4, -0.2) is 36.1 Å². The third-order valence-corrected chi connectivity index (χ3v) is 5.07. The van der Waals surface area contributed by atoms with Crippen LogP contribution in [0.3, 0.4) is 0 Å². The summed E-state index contributed by atoms with van der Waals surface area (Å²) in [5.74, 6) is 0.218. The van der Waals surface area contributed by atoms with Crippen LogP contribution >= 0.6 is 0 Å². The van der Waals surface area contributed by atoms with Crippen molar-refractivity contribution >= 4 is 23.7 Å². The highest BCUT2D eigenvalue weighted by atomic mass is 16.1. The number of ketones is 2. The molecular formula is C26H31NO2. The third kappa shape index (κ3) is 8.00. The first-order valence-electron chi connectivity index (χ1n) is 10.2. The molecule has 2 rings (SSSR count). The van der Waals surface area contributed by atoms with Gasteiger partial charge in [0.1, 0.15) is 0 Å². The highest BCUT2D eigenvalue weighted by molar-refractivity contribution is 5.94. The molecule has 3 heteroatoms. The molecule has 0 atom stereocenters. The zero-order chi connectivity index (χ0) is 21.1. The Balaban J connectivity index is 1.77. The van der Waals surface area contributed by atoms with Gasteiger partial charge in [-0.25, -0.2) is 0 Å². The van der Waals surface area contributed by atoms with Gasteiger partial charge in [0.05, 0.1) is 0 Å². The maximum Gasteiger partial charge on any atom is 0.156 e. The Morgan fingerprint density at radius 1 is 0.759 bits per heavy atom. The van der Waals surface area contributed by atoms with E-state index >= 15 is 0 Å². The minimum absolute atomic E-state index is 0.109. The fourth-order valence-corrected chi connectivity index (χ4v) is 3.04. The summed E-state index contributed by atoms with van der Waals surface area (Å²) in [6, 6.07) is 16.0. The first kappa shape index (κ1) is 22.5. The molecule has 0 saturated heterocycles. The molecule has 0 amide bonds. The van der Waals surface area contributed by atoms with Crippen molar-refractivity contribution in [2.75, 3.05) is 19.6 Å². The Hall–Kier alpha value is -2.78. The predicted octanol–water partition coefficient (Wildman–Crippen LogP) is 5.27. The number of hydrogen-bond donors (Lipinski definition) is 0. The van der Waals surface area contributed by atoms with Gasteiger partial charge in [-0.3, -0.25) is 9.59 Å². The molecule has 0 heterocycles. The van der Waals surface area contributed by atoms with Gasteiger partial charge in [0.2, 0.25) is 0 Å².